The van der Waals surface area contributed by atoms with Crippen molar-refractivity contribution in [3.63, 3.8) is 0 Å². The van der Waals surface area contributed by atoms with Crippen LogP contribution in [0.15, 0.2) is 24.3 Å². The molecule has 0 aromatic heterocycles. The third kappa shape index (κ3) is 3.56. The number of amides is 2. The van der Waals surface area contributed by atoms with Crippen LogP contribution < -0.4 is 4.74 Å². The van der Waals surface area contributed by atoms with Gasteiger partial charge in [0.15, 0.2) is 0 Å². The Labute approximate surface area is 114 Å². The maximum Gasteiger partial charge on any atom is 0.260 e. The first kappa shape index (κ1) is 15.2. The van der Waals surface area contributed by atoms with Gasteiger partial charge in [0.25, 0.3) is 5.91 Å². The SMILES string of the molecule is CC[C@H](C)C(=O)N(CC)C(=O)c1ccc(OC)cc1. The van der Waals surface area contributed by atoms with E-state index in [0.29, 0.717) is 17.9 Å². The fourth-order valence-corrected chi connectivity index (χ4v) is 1.73. The van der Waals surface area contributed by atoms with E-state index in [9.17, 15) is 9.59 Å². The maximum absolute atomic E-state index is 12.3. The van der Waals surface area contributed by atoms with Crippen molar-refractivity contribution < 1.29 is 14.3 Å². The molecule has 1 rings (SSSR count). The Morgan fingerprint density at radius 1 is 1.21 bits per heavy atom. The lowest BCUT2D eigenvalue weighted by molar-refractivity contribution is -0.132. The van der Waals surface area contributed by atoms with E-state index >= 15 is 0 Å². The summed E-state index contributed by atoms with van der Waals surface area (Å²) < 4.78 is 5.05. The average molecular weight is 263 g/mol. The molecule has 0 spiro atoms. The summed E-state index contributed by atoms with van der Waals surface area (Å²) in [4.78, 5) is 25.7. The summed E-state index contributed by atoms with van der Waals surface area (Å²) in [7, 11) is 1.57. The Kier molecular flexibility index (Phi) is 5.55. The second kappa shape index (κ2) is 6.92. The van der Waals surface area contributed by atoms with Gasteiger partial charge in [-0.05, 0) is 37.6 Å². The summed E-state index contributed by atoms with van der Waals surface area (Å²) >= 11 is 0. The molecule has 0 aliphatic heterocycles. The molecule has 0 saturated heterocycles. The van der Waals surface area contributed by atoms with E-state index in [2.05, 4.69) is 0 Å². The fourth-order valence-electron chi connectivity index (χ4n) is 1.73. The highest BCUT2D eigenvalue weighted by molar-refractivity contribution is 6.05. The number of rotatable bonds is 5. The van der Waals surface area contributed by atoms with Crippen molar-refractivity contribution in [2.45, 2.75) is 27.2 Å². The molecule has 2 amide bonds. The van der Waals surface area contributed by atoms with E-state index in [-0.39, 0.29) is 17.7 Å². The summed E-state index contributed by atoms with van der Waals surface area (Å²) in [6.07, 6.45) is 0.727. The monoisotopic (exact) mass is 263 g/mol. The molecule has 0 heterocycles. The smallest absolute Gasteiger partial charge is 0.260 e. The quantitative estimate of drug-likeness (QED) is 0.820. The highest BCUT2D eigenvalue weighted by Gasteiger charge is 2.24. The Bertz CT molecular complexity index is 439. The first-order valence-corrected chi connectivity index (χ1v) is 6.54. The van der Waals surface area contributed by atoms with E-state index in [1.165, 1.54) is 4.90 Å². The predicted octanol–water partition coefficient (Wildman–Crippen LogP) is 2.73. The minimum absolute atomic E-state index is 0.120. The summed E-state index contributed by atoms with van der Waals surface area (Å²) in [6.45, 7) is 5.97. The zero-order valence-electron chi connectivity index (χ0n) is 12.0. The predicted molar refractivity (Wildman–Crippen MR) is 74.2 cm³/mol. The molecule has 0 N–H and O–H groups in total. The Hall–Kier alpha value is -1.84. The molecule has 1 aromatic carbocycles. The second-order valence-electron chi connectivity index (χ2n) is 4.43. The number of nitrogens with zero attached hydrogens (tertiary/aromatic N) is 1. The Morgan fingerprint density at radius 2 is 1.79 bits per heavy atom. The molecule has 0 fully saturated rings. The minimum atomic E-state index is -0.254. The molecule has 0 aliphatic carbocycles. The number of carbonyl (C=O) groups is 2. The number of carbonyl (C=O) groups excluding carboxylic acids is 2. The molecule has 19 heavy (non-hydrogen) atoms. The van der Waals surface area contributed by atoms with E-state index < -0.39 is 0 Å². The molecule has 0 unspecified atom stereocenters. The summed E-state index contributed by atoms with van der Waals surface area (Å²) in [5, 5.41) is 0. The largest absolute Gasteiger partial charge is 0.497 e. The lowest BCUT2D eigenvalue weighted by atomic mass is 10.1. The lowest BCUT2D eigenvalue weighted by Crippen LogP contribution is -2.39. The van der Waals surface area contributed by atoms with Crippen LogP contribution in [0, 0.1) is 5.92 Å². The van der Waals surface area contributed by atoms with Gasteiger partial charge >= 0.3 is 0 Å². The van der Waals surface area contributed by atoms with Gasteiger partial charge in [-0.1, -0.05) is 13.8 Å². The van der Waals surface area contributed by atoms with Gasteiger partial charge in [-0.2, -0.15) is 0 Å². The van der Waals surface area contributed by atoms with Crippen molar-refractivity contribution in [1.29, 1.82) is 0 Å². The van der Waals surface area contributed by atoms with Gasteiger partial charge in [0.05, 0.1) is 7.11 Å². The molecule has 0 aliphatic rings. The van der Waals surface area contributed by atoms with Crippen LogP contribution in [0.25, 0.3) is 0 Å². The van der Waals surface area contributed by atoms with Gasteiger partial charge in [-0.25, -0.2) is 0 Å². The molecule has 1 aromatic rings. The van der Waals surface area contributed by atoms with E-state index in [0.717, 1.165) is 6.42 Å². The molecule has 1 atom stereocenters. The van der Waals surface area contributed by atoms with Crippen molar-refractivity contribution in [2.24, 2.45) is 5.92 Å². The topological polar surface area (TPSA) is 46.6 Å². The Morgan fingerprint density at radius 3 is 2.21 bits per heavy atom. The normalized spacial score (nSPS) is 11.8. The molecule has 0 radical (unpaired) electrons. The standard InChI is InChI=1S/C15H21NO3/c1-5-11(3)14(17)16(6-2)15(18)12-7-9-13(19-4)10-8-12/h7-11H,5-6H2,1-4H3/t11-/m0/s1. The zero-order valence-corrected chi connectivity index (χ0v) is 12.0. The van der Waals surface area contributed by atoms with Crippen molar-refractivity contribution in [3.05, 3.63) is 29.8 Å². The van der Waals surface area contributed by atoms with Gasteiger partial charge < -0.3 is 4.74 Å². The lowest BCUT2D eigenvalue weighted by Gasteiger charge is -2.22. The van der Waals surface area contributed by atoms with E-state index in [4.69, 9.17) is 4.74 Å². The number of hydrogen-bond donors (Lipinski definition) is 0. The number of ether oxygens (including phenoxy) is 1. The number of methoxy groups -OCH3 is 1. The van der Waals surface area contributed by atoms with Gasteiger partial charge in [0, 0.05) is 18.0 Å². The van der Waals surface area contributed by atoms with Crippen molar-refractivity contribution in [2.75, 3.05) is 13.7 Å². The first-order chi connectivity index (χ1) is 9.04. The highest BCUT2D eigenvalue weighted by Crippen LogP contribution is 2.15. The molecule has 0 bridgehead atoms. The first-order valence-electron chi connectivity index (χ1n) is 6.54. The fraction of sp³-hybridized carbons (Fsp3) is 0.467. The minimum Gasteiger partial charge on any atom is -0.497 e. The molecular formula is C15H21NO3. The summed E-state index contributed by atoms with van der Waals surface area (Å²) in [6, 6.07) is 6.78. The third-order valence-electron chi connectivity index (χ3n) is 3.20. The third-order valence-corrected chi connectivity index (χ3v) is 3.20. The number of benzene rings is 1. The molecule has 0 saturated carbocycles. The van der Waals surface area contributed by atoms with Crippen LogP contribution in [-0.2, 0) is 4.79 Å². The van der Waals surface area contributed by atoms with Crippen LogP contribution in [0.2, 0.25) is 0 Å². The van der Waals surface area contributed by atoms with Crippen LogP contribution in [0.4, 0.5) is 0 Å². The van der Waals surface area contributed by atoms with E-state index in [1.807, 2.05) is 20.8 Å². The number of imide groups is 1. The second-order valence-corrected chi connectivity index (χ2v) is 4.43. The highest BCUT2D eigenvalue weighted by atomic mass is 16.5. The van der Waals surface area contributed by atoms with Gasteiger partial charge in [-0.3, -0.25) is 14.5 Å². The zero-order chi connectivity index (χ0) is 14.4. The Balaban J connectivity index is 2.91. The van der Waals surface area contributed by atoms with Crippen LogP contribution in [0.1, 0.15) is 37.6 Å². The van der Waals surface area contributed by atoms with Crippen LogP contribution in [0.5, 0.6) is 5.75 Å². The molecule has 4 heteroatoms. The van der Waals surface area contributed by atoms with Crippen molar-refractivity contribution in [1.82, 2.24) is 4.90 Å². The molecule has 4 nitrogen and oxygen atoms in total. The van der Waals surface area contributed by atoms with Gasteiger partial charge in [-0.15, -0.1) is 0 Å². The maximum atomic E-state index is 12.3. The van der Waals surface area contributed by atoms with Crippen LogP contribution in [-0.4, -0.2) is 30.4 Å². The van der Waals surface area contributed by atoms with Gasteiger partial charge in [0.2, 0.25) is 5.91 Å². The van der Waals surface area contributed by atoms with E-state index in [1.54, 1.807) is 31.4 Å². The molecule has 104 valence electrons. The summed E-state index contributed by atoms with van der Waals surface area (Å²) in [5.74, 6) is 0.177. The average Bonchev–Trinajstić information content (AvgIpc) is 2.46. The van der Waals surface area contributed by atoms with Gasteiger partial charge in [0.1, 0.15) is 5.75 Å². The number of hydrogen-bond acceptors (Lipinski definition) is 3. The van der Waals surface area contributed by atoms with Crippen molar-refractivity contribution in [3.8, 4) is 5.75 Å². The van der Waals surface area contributed by atoms with Crippen LogP contribution >= 0.6 is 0 Å². The van der Waals surface area contributed by atoms with Crippen molar-refractivity contribution >= 4 is 11.8 Å². The summed E-state index contributed by atoms with van der Waals surface area (Å²) in [5.41, 5.74) is 0.499. The molecular weight excluding hydrogens is 242 g/mol. The van der Waals surface area contributed by atoms with Crippen LogP contribution in [0.3, 0.4) is 0 Å².